The van der Waals surface area contributed by atoms with Crippen molar-refractivity contribution in [2.24, 2.45) is 0 Å². The molecule has 0 fully saturated rings. The van der Waals surface area contributed by atoms with Gasteiger partial charge in [-0.15, -0.1) is 11.3 Å². The molecule has 0 radical (unpaired) electrons. The van der Waals surface area contributed by atoms with Crippen LogP contribution in [0.5, 0.6) is 0 Å². The van der Waals surface area contributed by atoms with E-state index in [0.29, 0.717) is 12.2 Å². The molecular formula is C20H21N3O2S. The van der Waals surface area contributed by atoms with Crippen molar-refractivity contribution < 1.29 is 9.90 Å². The number of aromatic nitrogens is 2. The zero-order valence-corrected chi connectivity index (χ0v) is 15.5. The Labute approximate surface area is 156 Å². The normalized spacial score (nSPS) is 14.3. The second-order valence-corrected chi connectivity index (χ2v) is 7.69. The smallest absolute Gasteiger partial charge is 0.326 e. The van der Waals surface area contributed by atoms with E-state index in [1.807, 2.05) is 37.3 Å². The van der Waals surface area contributed by atoms with Gasteiger partial charge in [0.15, 0.2) is 0 Å². The minimum Gasteiger partial charge on any atom is -0.480 e. The van der Waals surface area contributed by atoms with Gasteiger partial charge < -0.3 is 10.4 Å². The van der Waals surface area contributed by atoms with Crippen molar-refractivity contribution in [3.63, 3.8) is 0 Å². The molecule has 1 aromatic carbocycles. The molecule has 2 N–H and O–H groups in total. The van der Waals surface area contributed by atoms with E-state index in [-0.39, 0.29) is 0 Å². The molecule has 26 heavy (non-hydrogen) atoms. The van der Waals surface area contributed by atoms with Gasteiger partial charge in [-0.2, -0.15) is 0 Å². The zero-order chi connectivity index (χ0) is 18.1. The fourth-order valence-corrected chi connectivity index (χ4v) is 4.80. The van der Waals surface area contributed by atoms with Gasteiger partial charge in [0, 0.05) is 17.7 Å². The Kier molecular flexibility index (Phi) is 4.59. The summed E-state index contributed by atoms with van der Waals surface area (Å²) < 4.78 is 0. The van der Waals surface area contributed by atoms with E-state index in [9.17, 15) is 9.90 Å². The van der Waals surface area contributed by atoms with Gasteiger partial charge in [-0.1, -0.05) is 37.3 Å². The molecule has 0 saturated carbocycles. The number of hydrogen-bond donors (Lipinski definition) is 2. The number of aryl methyl sites for hydroxylation is 3. The van der Waals surface area contributed by atoms with E-state index >= 15 is 0 Å². The van der Waals surface area contributed by atoms with Crippen molar-refractivity contribution in [2.45, 2.75) is 45.1 Å². The van der Waals surface area contributed by atoms with Crippen LogP contribution in [-0.2, 0) is 30.5 Å². The van der Waals surface area contributed by atoms with E-state index in [0.717, 1.165) is 47.3 Å². The Balaban J connectivity index is 1.73. The summed E-state index contributed by atoms with van der Waals surface area (Å²) in [5, 5.41) is 14.0. The van der Waals surface area contributed by atoms with Crippen LogP contribution in [0.15, 0.2) is 30.3 Å². The molecule has 0 spiro atoms. The van der Waals surface area contributed by atoms with Crippen LogP contribution in [0.25, 0.3) is 10.2 Å². The van der Waals surface area contributed by atoms with Crippen LogP contribution in [0, 0.1) is 0 Å². The lowest BCUT2D eigenvalue weighted by molar-refractivity contribution is -0.137. The van der Waals surface area contributed by atoms with Gasteiger partial charge >= 0.3 is 5.97 Å². The summed E-state index contributed by atoms with van der Waals surface area (Å²) in [7, 11) is 0. The number of anilines is 1. The molecule has 1 aliphatic rings. The highest BCUT2D eigenvalue weighted by molar-refractivity contribution is 7.19. The molecule has 5 nitrogen and oxygen atoms in total. The summed E-state index contributed by atoms with van der Waals surface area (Å²) in [6.07, 6.45) is 4.40. The van der Waals surface area contributed by atoms with Gasteiger partial charge in [0.25, 0.3) is 0 Å². The topological polar surface area (TPSA) is 75.1 Å². The molecule has 3 aromatic rings. The first-order valence-corrected chi connectivity index (χ1v) is 9.81. The predicted octanol–water partition coefficient (Wildman–Crippen LogP) is 3.85. The first kappa shape index (κ1) is 17.0. The molecule has 1 aliphatic carbocycles. The van der Waals surface area contributed by atoms with E-state index in [2.05, 4.69) is 15.3 Å². The lowest BCUT2D eigenvalue weighted by Gasteiger charge is -2.17. The lowest BCUT2D eigenvalue weighted by Crippen LogP contribution is -2.32. The van der Waals surface area contributed by atoms with Crippen molar-refractivity contribution in [3.8, 4) is 0 Å². The average molecular weight is 367 g/mol. The highest BCUT2D eigenvalue weighted by atomic mass is 32.1. The largest absolute Gasteiger partial charge is 0.480 e. The minimum absolute atomic E-state index is 0.412. The number of carbonyl (C=O) groups is 1. The van der Waals surface area contributed by atoms with Gasteiger partial charge in [0.1, 0.15) is 22.5 Å². The van der Waals surface area contributed by atoms with Gasteiger partial charge in [-0.25, -0.2) is 14.8 Å². The summed E-state index contributed by atoms with van der Waals surface area (Å²) in [5.41, 5.74) is 2.29. The van der Waals surface area contributed by atoms with Gasteiger partial charge in [0.2, 0.25) is 0 Å². The molecule has 0 aliphatic heterocycles. The molecular weight excluding hydrogens is 346 g/mol. The second kappa shape index (κ2) is 7.03. The molecule has 1 atom stereocenters. The third kappa shape index (κ3) is 3.17. The fraction of sp³-hybridized carbons (Fsp3) is 0.350. The van der Waals surface area contributed by atoms with Crippen LogP contribution in [0.1, 0.15) is 35.2 Å². The standard InChI is InChI=1S/C20H21N3O2S/c1-2-16-22-18(17-13-9-6-10-15(13)26-19(17)23-16)21-14(20(24)25)11-12-7-4-3-5-8-12/h3-5,7-8,14H,2,6,9-11H2,1H3,(H,24,25)(H,21,22,23). The van der Waals surface area contributed by atoms with Crippen LogP contribution in [0.2, 0.25) is 0 Å². The molecule has 4 rings (SSSR count). The van der Waals surface area contributed by atoms with Gasteiger partial charge in [-0.3, -0.25) is 0 Å². The Bertz CT molecular complexity index is 953. The van der Waals surface area contributed by atoms with Crippen LogP contribution in [0.4, 0.5) is 5.82 Å². The molecule has 0 bridgehead atoms. The van der Waals surface area contributed by atoms with Crippen LogP contribution in [-0.4, -0.2) is 27.1 Å². The number of carboxylic acid groups (broad SMARTS) is 1. The first-order chi connectivity index (χ1) is 12.7. The monoisotopic (exact) mass is 367 g/mol. The number of hydrogen-bond acceptors (Lipinski definition) is 5. The third-order valence-electron chi connectivity index (χ3n) is 4.82. The van der Waals surface area contributed by atoms with E-state index in [1.165, 1.54) is 10.4 Å². The number of benzene rings is 1. The van der Waals surface area contributed by atoms with Crippen LogP contribution >= 0.6 is 11.3 Å². The number of carboxylic acids is 1. The molecule has 2 aromatic heterocycles. The summed E-state index contributed by atoms with van der Waals surface area (Å²) in [6.45, 7) is 2.02. The van der Waals surface area contributed by atoms with Crippen molar-refractivity contribution in [2.75, 3.05) is 5.32 Å². The highest BCUT2D eigenvalue weighted by Crippen LogP contribution is 2.39. The van der Waals surface area contributed by atoms with Crippen molar-refractivity contribution >= 4 is 33.3 Å². The maximum absolute atomic E-state index is 11.9. The Morgan fingerprint density at radius 2 is 2.08 bits per heavy atom. The highest BCUT2D eigenvalue weighted by Gasteiger charge is 2.25. The zero-order valence-electron chi connectivity index (χ0n) is 14.7. The summed E-state index contributed by atoms with van der Waals surface area (Å²) in [4.78, 5) is 23.6. The second-order valence-electron chi connectivity index (χ2n) is 6.60. The van der Waals surface area contributed by atoms with E-state index in [1.54, 1.807) is 11.3 Å². The Morgan fingerprint density at radius 1 is 1.27 bits per heavy atom. The maximum Gasteiger partial charge on any atom is 0.326 e. The van der Waals surface area contributed by atoms with E-state index in [4.69, 9.17) is 0 Å². The van der Waals surface area contributed by atoms with E-state index < -0.39 is 12.0 Å². The predicted molar refractivity (Wildman–Crippen MR) is 104 cm³/mol. The number of rotatable bonds is 6. The van der Waals surface area contributed by atoms with Crippen molar-refractivity contribution in [1.29, 1.82) is 0 Å². The molecule has 1 unspecified atom stereocenters. The van der Waals surface area contributed by atoms with Gasteiger partial charge in [0.05, 0.1) is 5.39 Å². The maximum atomic E-state index is 11.9. The molecule has 0 amide bonds. The summed E-state index contributed by atoms with van der Waals surface area (Å²) in [6, 6.07) is 8.97. The van der Waals surface area contributed by atoms with Crippen LogP contribution < -0.4 is 5.32 Å². The SMILES string of the molecule is CCc1nc(NC(Cc2ccccc2)C(=O)O)c2c3c(sc2n1)CCC3. The Hall–Kier alpha value is -2.47. The molecule has 0 saturated heterocycles. The minimum atomic E-state index is -0.870. The molecule has 2 heterocycles. The summed E-state index contributed by atoms with van der Waals surface area (Å²) in [5.74, 6) is 0.559. The van der Waals surface area contributed by atoms with Gasteiger partial charge in [-0.05, 0) is 30.4 Å². The molecule has 6 heteroatoms. The Morgan fingerprint density at radius 3 is 2.81 bits per heavy atom. The number of nitrogens with zero attached hydrogens (tertiary/aromatic N) is 2. The van der Waals surface area contributed by atoms with Crippen molar-refractivity contribution in [1.82, 2.24) is 9.97 Å². The number of nitrogens with one attached hydrogen (secondary N) is 1. The average Bonchev–Trinajstić information content (AvgIpc) is 3.22. The lowest BCUT2D eigenvalue weighted by atomic mass is 10.1. The quantitative estimate of drug-likeness (QED) is 0.692. The number of aliphatic carboxylic acids is 1. The fourth-order valence-electron chi connectivity index (χ4n) is 3.52. The first-order valence-electron chi connectivity index (χ1n) is 9.00. The summed E-state index contributed by atoms with van der Waals surface area (Å²) >= 11 is 1.73. The number of fused-ring (bicyclic) bond motifs is 3. The molecule has 134 valence electrons. The number of thiophene rings is 1. The van der Waals surface area contributed by atoms with Crippen molar-refractivity contribution in [3.05, 3.63) is 52.2 Å². The third-order valence-corrected chi connectivity index (χ3v) is 6.00. The van der Waals surface area contributed by atoms with Crippen LogP contribution in [0.3, 0.4) is 0 Å².